The van der Waals surface area contributed by atoms with Crippen LogP contribution >= 0.6 is 0 Å². The van der Waals surface area contributed by atoms with Crippen molar-refractivity contribution >= 4 is 5.78 Å². The van der Waals surface area contributed by atoms with E-state index < -0.39 is 11.4 Å². The van der Waals surface area contributed by atoms with Crippen LogP contribution in [0.2, 0.25) is 0 Å². The molecule has 1 fully saturated rings. The van der Waals surface area contributed by atoms with Crippen LogP contribution < -0.4 is 0 Å². The predicted octanol–water partition coefficient (Wildman–Crippen LogP) is 1.55. The SMILES string of the molecule is O=C(c1ccc(F)cc1)C1(O)CCOCC1. The summed E-state index contributed by atoms with van der Waals surface area (Å²) in [6.45, 7) is 0.757. The normalized spacial score (nSPS) is 19.4. The highest BCUT2D eigenvalue weighted by Crippen LogP contribution is 2.25. The second kappa shape index (κ2) is 4.31. The van der Waals surface area contributed by atoms with Gasteiger partial charge < -0.3 is 9.84 Å². The Morgan fingerprint density at radius 2 is 1.81 bits per heavy atom. The lowest BCUT2D eigenvalue weighted by Gasteiger charge is -2.30. The van der Waals surface area contributed by atoms with Gasteiger partial charge in [0.1, 0.15) is 11.4 Å². The van der Waals surface area contributed by atoms with E-state index in [0.717, 1.165) is 0 Å². The Balaban J connectivity index is 2.20. The number of carbonyl (C=O) groups is 1. The lowest BCUT2D eigenvalue weighted by molar-refractivity contribution is -0.0433. The van der Waals surface area contributed by atoms with Gasteiger partial charge in [0.05, 0.1) is 0 Å². The molecule has 1 aromatic rings. The largest absolute Gasteiger partial charge is 0.382 e. The molecule has 0 spiro atoms. The monoisotopic (exact) mass is 224 g/mol. The second-order valence-corrected chi connectivity index (χ2v) is 3.98. The average Bonchev–Trinajstić information content (AvgIpc) is 2.30. The predicted molar refractivity (Wildman–Crippen MR) is 55.7 cm³/mol. The summed E-state index contributed by atoms with van der Waals surface area (Å²) in [6, 6.07) is 5.22. The summed E-state index contributed by atoms with van der Waals surface area (Å²) in [5.74, 6) is -0.744. The van der Waals surface area contributed by atoms with Crippen LogP contribution in [0.25, 0.3) is 0 Å². The van der Waals surface area contributed by atoms with Gasteiger partial charge in [0.25, 0.3) is 0 Å². The third-order valence-electron chi connectivity index (χ3n) is 2.85. The first-order valence-electron chi connectivity index (χ1n) is 5.22. The Morgan fingerprint density at radius 1 is 1.25 bits per heavy atom. The number of ketones is 1. The lowest BCUT2D eigenvalue weighted by atomic mass is 9.86. The molecule has 1 aliphatic heterocycles. The summed E-state index contributed by atoms with van der Waals surface area (Å²) >= 11 is 0. The number of halogens is 1. The van der Waals surface area contributed by atoms with Gasteiger partial charge in [-0.25, -0.2) is 4.39 Å². The van der Waals surface area contributed by atoms with Gasteiger partial charge in [-0.2, -0.15) is 0 Å². The van der Waals surface area contributed by atoms with Crippen LogP contribution in [0.1, 0.15) is 23.2 Å². The Morgan fingerprint density at radius 3 is 2.38 bits per heavy atom. The lowest BCUT2D eigenvalue weighted by Crippen LogP contribution is -2.43. The minimum atomic E-state index is -1.35. The van der Waals surface area contributed by atoms with Crippen molar-refractivity contribution in [1.82, 2.24) is 0 Å². The number of Topliss-reactive ketones (excluding diaryl/α,β-unsaturated/α-hetero) is 1. The fourth-order valence-corrected chi connectivity index (χ4v) is 1.81. The molecule has 1 aromatic carbocycles. The molecule has 86 valence electrons. The van der Waals surface area contributed by atoms with Crippen LogP contribution in [-0.4, -0.2) is 29.7 Å². The van der Waals surface area contributed by atoms with E-state index in [1.54, 1.807) is 0 Å². The molecular weight excluding hydrogens is 211 g/mol. The van der Waals surface area contributed by atoms with E-state index in [-0.39, 0.29) is 5.78 Å². The number of ether oxygens (including phenoxy) is 1. The number of rotatable bonds is 2. The maximum absolute atomic E-state index is 12.7. The van der Waals surface area contributed by atoms with Crippen molar-refractivity contribution in [3.05, 3.63) is 35.6 Å². The van der Waals surface area contributed by atoms with Gasteiger partial charge in [0.15, 0.2) is 5.78 Å². The number of hydrogen-bond donors (Lipinski definition) is 1. The van der Waals surface area contributed by atoms with Crippen molar-refractivity contribution in [3.63, 3.8) is 0 Å². The molecule has 0 atom stereocenters. The molecule has 0 aromatic heterocycles. The van der Waals surface area contributed by atoms with Crippen LogP contribution in [-0.2, 0) is 4.74 Å². The molecule has 1 N–H and O–H groups in total. The zero-order chi connectivity index (χ0) is 11.6. The van der Waals surface area contributed by atoms with Crippen molar-refractivity contribution in [2.75, 3.05) is 13.2 Å². The van der Waals surface area contributed by atoms with Crippen molar-refractivity contribution < 1.29 is 19.0 Å². The molecular formula is C12H13FO3. The minimum Gasteiger partial charge on any atom is -0.382 e. The van der Waals surface area contributed by atoms with Crippen LogP contribution in [0, 0.1) is 5.82 Å². The molecule has 16 heavy (non-hydrogen) atoms. The molecule has 0 saturated carbocycles. The van der Waals surface area contributed by atoms with Crippen LogP contribution in [0.5, 0.6) is 0 Å². The molecule has 1 saturated heterocycles. The third kappa shape index (κ3) is 2.13. The zero-order valence-corrected chi connectivity index (χ0v) is 8.78. The highest BCUT2D eigenvalue weighted by atomic mass is 19.1. The maximum Gasteiger partial charge on any atom is 0.194 e. The zero-order valence-electron chi connectivity index (χ0n) is 8.78. The van der Waals surface area contributed by atoms with Gasteiger partial charge in [-0.05, 0) is 24.3 Å². The van der Waals surface area contributed by atoms with Crippen molar-refractivity contribution in [1.29, 1.82) is 0 Å². The molecule has 0 unspecified atom stereocenters. The number of aliphatic hydroxyl groups is 1. The molecule has 0 bridgehead atoms. The van der Waals surface area contributed by atoms with Gasteiger partial charge in [-0.15, -0.1) is 0 Å². The molecule has 0 amide bonds. The average molecular weight is 224 g/mol. The quantitative estimate of drug-likeness (QED) is 0.775. The van der Waals surface area contributed by atoms with Gasteiger partial charge in [-0.3, -0.25) is 4.79 Å². The van der Waals surface area contributed by atoms with Gasteiger partial charge in [0.2, 0.25) is 0 Å². The summed E-state index contributed by atoms with van der Waals surface area (Å²) in [7, 11) is 0. The topological polar surface area (TPSA) is 46.5 Å². The van der Waals surface area contributed by atoms with Crippen molar-refractivity contribution in [2.45, 2.75) is 18.4 Å². The molecule has 2 rings (SSSR count). The number of hydrogen-bond acceptors (Lipinski definition) is 3. The van der Waals surface area contributed by atoms with Crippen LogP contribution in [0.3, 0.4) is 0 Å². The molecule has 4 heteroatoms. The Labute approximate surface area is 92.9 Å². The first-order chi connectivity index (χ1) is 7.62. The maximum atomic E-state index is 12.7. The third-order valence-corrected chi connectivity index (χ3v) is 2.85. The van der Waals surface area contributed by atoms with E-state index in [2.05, 4.69) is 0 Å². The Hall–Kier alpha value is -1.26. The van der Waals surface area contributed by atoms with Gasteiger partial charge in [0, 0.05) is 31.6 Å². The smallest absolute Gasteiger partial charge is 0.194 e. The second-order valence-electron chi connectivity index (χ2n) is 3.98. The Kier molecular flexibility index (Phi) is 3.03. The fraction of sp³-hybridized carbons (Fsp3) is 0.417. The summed E-state index contributed by atoms with van der Waals surface area (Å²) in [6.07, 6.45) is 0.590. The van der Waals surface area contributed by atoms with Gasteiger partial charge in [-0.1, -0.05) is 0 Å². The van der Waals surface area contributed by atoms with Crippen molar-refractivity contribution in [3.8, 4) is 0 Å². The Bertz CT molecular complexity index is 380. The van der Waals surface area contributed by atoms with Crippen molar-refractivity contribution in [2.24, 2.45) is 0 Å². The molecule has 3 nitrogen and oxygen atoms in total. The first kappa shape index (κ1) is 11.2. The van der Waals surface area contributed by atoms with E-state index in [0.29, 0.717) is 31.6 Å². The summed E-state index contributed by atoms with van der Waals surface area (Å²) in [5, 5.41) is 10.1. The summed E-state index contributed by atoms with van der Waals surface area (Å²) in [5.41, 5.74) is -1.01. The summed E-state index contributed by atoms with van der Waals surface area (Å²) < 4.78 is 17.8. The van der Waals surface area contributed by atoms with Crippen LogP contribution in [0.15, 0.2) is 24.3 Å². The van der Waals surface area contributed by atoms with E-state index in [9.17, 15) is 14.3 Å². The molecule has 0 radical (unpaired) electrons. The number of carbonyl (C=O) groups excluding carboxylic acids is 1. The highest BCUT2D eigenvalue weighted by Gasteiger charge is 2.37. The minimum absolute atomic E-state index is 0.295. The summed E-state index contributed by atoms with van der Waals surface area (Å²) in [4.78, 5) is 12.0. The van der Waals surface area contributed by atoms with E-state index in [4.69, 9.17) is 4.74 Å². The molecule has 1 heterocycles. The molecule has 0 aliphatic carbocycles. The van der Waals surface area contributed by atoms with E-state index >= 15 is 0 Å². The molecule has 1 aliphatic rings. The highest BCUT2D eigenvalue weighted by molar-refractivity contribution is 6.02. The number of benzene rings is 1. The van der Waals surface area contributed by atoms with E-state index in [1.807, 2.05) is 0 Å². The first-order valence-corrected chi connectivity index (χ1v) is 5.22. The fourth-order valence-electron chi connectivity index (χ4n) is 1.81. The van der Waals surface area contributed by atoms with E-state index in [1.165, 1.54) is 24.3 Å². The van der Waals surface area contributed by atoms with Crippen LogP contribution in [0.4, 0.5) is 4.39 Å². The standard InChI is InChI=1S/C12H13FO3/c13-10-3-1-9(2-4-10)11(14)12(15)5-7-16-8-6-12/h1-4,15H,5-8H2. The van der Waals surface area contributed by atoms with Gasteiger partial charge >= 0.3 is 0 Å².